The Kier molecular flexibility index (Phi) is 7.05. The predicted octanol–water partition coefficient (Wildman–Crippen LogP) is 0.145. The average Bonchev–Trinajstić information content (AvgIpc) is 2.70. The molecule has 1 aromatic rings. The number of aliphatic hydroxyl groups is 1. The van der Waals surface area contributed by atoms with Crippen molar-refractivity contribution < 1.29 is 19.8 Å². The topological polar surface area (TPSA) is 118 Å². The molecule has 0 spiro atoms. The molecule has 0 radical (unpaired) electrons. The van der Waals surface area contributed by atoms with E-state index in [4.69, 9.17) is 5.11 Å². The van der Waals surface area contributed by atoms with Crippen LogP contribution in [-0.4, -0.2) is 88.9 Å². The van der Waals surface area contributed by atoms with Crippen LogP contribution in [0.1, 0.15) is 24.1 Å². The van der Waals surface area contributed by atoms with Crippen LogP contribution in [0.5, 0.6) is 0 Å². The number of aromatic nitrogens is 1. The monoisotopic (exact) mass is 391 g/mol. The highest BCUT2D eigenvalue weighted by molar-refractivity contribution is 5.75. The highest BCUT2D eigenvalue weighted by Crippen LogP contribution is 2.20. The molecule has 0 saturated carbocycles. The number of pyridine rings is 1. The molecule has 1 aromatic heterocycles. The van der Waals surface area contributed by atoms with Crippen molar-refractivity contribution in [3.8, 4) is 0 Å². The van der Waals surface area contributed by atoms with E-state index >= 15 is 0 Å². The smallest absolute Gasteiger partial charge is 0.317 e. The molecular formula is C19H29N5O4. The molecule has 9 nitrogen and oxygen atoms in total. The first-order chi connectivity index (χ1) is 13.6. The van der Waals surface area contributed by atoms with Gasteiger partial charge in [0, 0.05) is 38.4 Å². The molecule has 0 aliphatic carbocycles. The lowest BCUT2D eigenvalue weighted by Gasteiger charge is -2.40. The molecule has 2 amide bonds. The van der Waals surface area contributed by atoms with Gasteiger partial charge in [0.05, 0.1) is 19.2 Å². The fourth-order valence-electron chi connectivity index (χ4n) is 3.75. The molecule has 0 unspecified atom stereocenters. The van der Waals surface area contributed by atoms with Gasteiger partial charge in [-0.1, -0.05) is 6.07 Å². The number of fused-ring (bicyclic) bond motifs is 1. The molecule has 1 saturated heterocycles. The molecular weight excluding hydrogens is 362 g/mol. The minimum absolute atomic E-state index is 0.0748. The Labute approximate surface area is 164 Å². The van der Waals surface area contributed by atoms with Crippen molar-refractivity contribution in [1.82, 2.24) is 20.1 Å². The van der Waals surface area contributed by atoms with E-state index in [-0.39, 0.29) is 25.2 Å². The van der Waals surface area contributed by atoms with Gasteiger partial charge in [-0.2, -0.15) is 0 Å². The third kappa shape index (κ3) is 5.32. The Morgan fingerprint density at radius 1 is 1.32 bits per heavy atom. The number of rotatable bonds is 7. The Bertz CT molecular complexity index is 699. The van der Waals surface area contributed by atoms with Crippen molar-refractivity contribution in [2.45, 2.75) is 31.7 Å². The van der Waals surface area contributed by atoms with Gasteiger partial charge in [-0.3, -0.25) is 9.69 Å². The quantitative estimate of drug-likeness (QED) is 0.489. The normalized spacial score (nSPS) is 19.6. The highest BCUT2D eigenvalue weighted by Gasteiger charge is 2.30. The van der Waals surface area contributed by atoms with E-state index in [2.05, 4.69) is 27.8 Å². The van der Waals surface area contributed by atoms with Crippen molar-refractivity contribution in [3.05, 3.63) is 23.4 Å². The summed E-state index contributed by atoms with van der Waals surface area (Å²) < 4.78 is 0. The molecule has 154 valence electrons. The van der Waals surface area contributed by atoms with Crippen molar-refractivity contribution in [2.24, 2.45) is 0 Å². The number of carboxylic acid groups (broad SMARTS) is 1. The van der Waals surface area contributed by atoms with Gasteiger partial charge in [-0.15, -0.1) is 0 Å². The number of hydrogen-bond donors (Lipinski definition) is 4. The molecule has 3 rings (SSSR count). The number of anilines is 1. The van der Waals surface area contributed by atoms with Gasteiger partial charge >= 0.3 is 12.0 Å². The molecule has 9 heteroatoms. The Morgan fingerprint density at radius 2 is 2.18 bits per heavy atom. The number of nitrogens with zero attached hydrogens (tertiary/aromatic N) is 3. The SMILES string of the molecule is O=C(O)CN1CCN(C(=O)NCCCc2ccc3c(n2)NCCC3)[C@H](CO)C1. The first-order valence-corrected chi connectivity index (χ1v) is 9.89. The van der Waals surface area contributed by atoms with E-state index in [1.165, 1.54) is 5.56 Å². The summed E-state index contributed by atoms with van der Waals surface area (Å²) >= 11 is 0. The summed E-state index contributed by atoms with van der Waals surface area (Å²) in [7, 11) is 0. The molecule has 28 heavy (non-hydrogen) atoms. The molecule has 0 aromatic carbocycles. The van der Waals surface area contributed by atoms with Gasteiger partial charge in [0.2, 0.25) is 0 Å². The number of carbonyl (C=O) groups excluding carboxylic acids is 1. The largest absolute Gasteiger partial charge is 0.480 e. The molecule has 1 fully saturated rings. The van der Waals surface area contributed by atoms with Crippen LogP contribution in [0.15, 0.2) is 12.1 Å². The van der Waals surface area contributed by atoms with E-state index in [1.807, 2.05) is 0 Å². The second-order valence-corrected chi connectivity index (χ2v) is 7.33. The van der Waals surface area contributed by atoms with Gasteiger partial charge < -0.3 is 25.7 Å². The molecule has 3 heterocycles. The van der Waals surface area contributed by atoms with Crippen LogP contribution in [0.25, 0.3) is 0 Å². The fraction of sp³-hybridized carbons (Fsp3) is 0.632. The number of aliphatic hydroxyl groups excluding tert-OH is 1. The lowest BCUT2D eigenvalue weighted by atomic mass is 10.1. The van der Waals surface area contributed by atoms with E-state index in [0.717, 1.165) is 43.7 Å². The summed E-state index contributed by atoms with van der Waals surface area (Å²) in [6, 6.07) is 3.58. The summed E-state index contributed by atoms with van der Waals surface area (Å²) in [4.78, 5) is 31.3. The predicted molar refractivity (Wildman–Crippen MR) is 104 cm³/mol. The Morgan fingerprint density at radius 3 is 2.96 bits per heavy atom. The van der Waals surface area contributed by atoms with Crippen molar-refractivity contribution in [1.29, 1.82) is 0 Å². The minimum atomic E-state index is -0.902. The number of nitrogens with one attached hydrogen (secondary N) is 2. The molecule has 4 N–H and O–H groups in total. The number of piperazine rings is 1. The minimum Gasteiger partial charge on any atom is -0.480 e. The molecule has 2 aliphatic rings. The van der Waals surface area contributed by atoms with Crippen molar-refractivity contribution >= 4 is 17.8 Å². The van der Waals surface area contributed by atoms with Gasteiger partial charge in [-0.25, -0.2) is 9.78 Å². The Hall–Kier alpha value is -2.39. The maximum Gasteiger partial charge on any atom is 0.317 e. The maximum absolute atomic E-state index is 12.4. The number of amides is 2. The van der Waals surface area contributed by atoms with Crippen LogP contribution in [-0.2, 0) is 17.6 Å². The van der Waals surface area contributed by atoms with Crippen LogP contribution < -0.4 is 10.6 Å². The first kappa shape index (κ1) is 20.3. The number of carboxylic acids is 1. The second kappa shape index (κ2) is 9.70. The number of aryl methyl sites for hydroxylation is 2. The summed E-state index contributed by atoms with van der Waals surface area (Å²) in [5.74, 6) is 0.0818. The zero-order chi connectivity index (χ0) is 19.9. The van der Waals surface area contributed by atoms with Crippen LogP contribution in [0, 0.1) is 0 Å². The zero-order valence-corrected chi connectivity index (χ0v) is 16.1. The maximum atomic E-state index is 12.4. The summed E-state index contributed by atoms with van der Waals surface area (Å²) in [6.45, 7) is 2.49. The zero-order valence-electron chi connectivity index (χ0n) is 16.1. The van der Waals surface area contributed by atoms with Crippen LogP contribution in [0.3, 0.4) is 0 Å². The lowest BCUT2D eigenvalue weighted by Crippen LogP contribution is -2.59. The van der Waals surface area contributed by atoms with Crippen LogP contribution in [0.4, 0.5) is 10.6 Å². The van der Waals surface area contributed by atoms with E-state index in [9.17, 15) is 14.7 Å². The summed E-state index contributed by atoms with van der Waals surface area (Å²) in [6.07, 6.45) is 3.77. The average molecular weight is 391 g/mol. The lowest BCUT2D eigenvalue weighted by molar-refractivity contribution is -0.139. The first-order valence-electron chi connectivity index (χ1n) is 9.89. The number of aliphatic carboxylic acids is 1. The van der Waals surface area contributed by atoms with Crippen molar-refractivity contribution in [2.75, 3.05) is 51.2 Å². The molecule has 1 atom stereocenters. The number of hydrogen-bond acceptors (Lipinski definition) is 6. The van der Waals surface area contributed by atoms with E-state index in [1.54, 1.807) is 9.80 Å². The number of urea groups is 1. The van der Waals surface area contributed by atoms with Crippen molar-refractivity contribution in [3.63, 3.8) is 0 Å². The van der Waals surface area contributed by atoms with E-state index in [0.29, 0.717) is 26.2 Å². The Balaban J connectivity index is 1.42. The molecule has 2 aliphatic heterocycles. The summed E-state index contributed by atoms with van der Waals surface area (Å²) in [5, 5.41) is 24.7. The summed E-state index contributed by atoms with van der Waals surface area (Å²) in [5.41, 5.74) is 2.28. The standard InChI is InChI=1S/C19H29N5O4/c25-13-16-11-23(12-17(26)27)9-10-24(16)19(28)21-8-2-4-15-6-5-14-3-1-7-20-18(14)22-15/h5-6,16,25H,1-4,7-13H2,(H,20,22)(H,21,28)(H,26,27)/t16-/m0/s1. The van der Waals surface area contributed by atoms with Crippen LogP contribution >= 0.6 is 0 Å². The highest BCUT2D eigenvalue weighted by atomic mass is 16.4. The van der Waals surface area contributed by atoms with E-state index < -0.39 is 5.97 Å². The second-order valence-electron chi connectivity index (χ2n) is 7.33. The van der Waals surface area contributed by atoms with Gasteiger partial charge in [0.15, 0.2) is 0 Å². The number of carbonyl (C=O) groups is 2. The van der Waals surface area contributed by atoms with Gasteiger partial charge in [0.25, 0.3) is 0 Å². The van der Waals surface area contributed by atoms with Gasteiger partial charge in [0.1, 0.15) is 5.82 Å². The third-order valence-electron chi connectivity index (χ3n) is 5.24. The van der Waals surface area contributed by atoms with Crippen LogP contribution in [0.2, 0.25) is 0 Å². The third-order valence-corrected chi connectivity index (χ3v) is 5.24. The molecule has 0 bridgehead atoms. The van der Waals surface area contributed by atoms with Gasteiger partial charge in [-0.05, 0) is 37.3 Å². The fourth-order valence-corrected chi connectivity index (χ4v) is 3.75.